The minimum Gasteiger partial charge on any atom is -0.450 e. The highest BCUT2D eigenvalue weighted by Gasteiger charge is 2.43. The minimum atomic E-state index is -1.06. The number of carbonyl (C=O) groups is 2. The summed E-state index contributed by atoms with van der Waals surface area (Å²) in [7, 11) is 0. The maximum Gasteiger partial charge on any atom is 0.303 e. The molecule has 0 spiro atoms. The Labute approximate surface area is 156 Å². The van der Waals surface area contributed by atoms with E-state index in [2.05, 4.69) is 13.0 Å². The molecule has 26 heavy (non-hydrogen) atoms. The largest absolute Gasteiger partial charge is 0.450 e. The molecule has 0 N–H and O–H groups in total. The van der Waals surface area contributed by atoms with Crippen LogP contribution in [0.4, 0.5) is 0 Å². The molecule has 0 bridgehead atoms. The average molecular weight is 362 g/mol. The van der Waals surface area contributed by atoms with Crippen molar-refractivity contribution in [2.24, 2.45) is 0 Å². The van der Waals surface area contributed by atoms with Crippen LogP contribution in [0.15, 0.2) is 36.0 Å². The van der Waals surface area contributed by atoms with Crippen LogP contribution in [0.2, 0.25) is 0 Å². The summed E-state index contributed by atoms with van der Waals surface area (Å²) in [5, 5.41) is 0. The summed E-state index contributed by atoms with van der Waals surface area (Å²) in [4.78, 5) is 24.1. The lowest BCUT2D eigenvalue weighted by molar-refractivity contribution is -0.149. The van der Waals surface area contributed by atoms with Gasteiger partial charge in [-0.25, -0.2) is 0 Å². The van der Waals surface area contributed by atoms with E-state index in [1.54, 1.807) is 12.2 Å². The van der Waals surface area contributed by atoms with Crippen LogP contribution in [0.25, 0.3) is 0 Å². The first-order chi connectivity index (χ1) is 12.3. The summed E-state index contributed by atoms with van der Waals surface area (Å²) >= 11 is 0. The van der Waals surface area contributed by atoms with Gasteiger partial charge in [0.2, 0.25) is 0 Å². The van der Waals surface area contributed by atoms with Gasteiger partial charge in [0.05, 0.1) is 6.61 Å². The van der Waals surface area contributed by atoms with Crippen molar-refractivity contribution < 1.29 is 23.8 Å². The molecule has 1 aliphatic heterocycles. The Morgan fingerprint density at radius 3 is 2.73 bits per heavy atom. The van der Waals surface area contributed by atoms with Crippen LogP contribution >= 0.6 is 0 Å². The third-order valence-corrected chi connectivity index (χ3v) is 4.50. The van der Waals surface area contributed by atoms with Gasteiger partial charge < -0.3 is 14.2 Å². The molecule has 0 aromatic rings. The lowest BCUT2D eigenvalue weighted by atomic mass is 9.90. The summed E-state index contributed by atoms with van der Waals surface area (Å²) in [5.74, 6) is -1.25. The van der Waals surface area contributed by atoms with Crippen LogP contribution in [0.1, 0.15) is 59.8 Å². The Balaban J connectivity index is 2.17. The average Bonchev–Trinajstić information content (AvgIpc) is 3.05. The molecule has 2 rings (SSSR count). The molecule has 5 heteroatoms. The third kappa shape index (κ3) is 5.39. The SMILES string of the molecule is CCCCC/C=C\C[C@]1(OC(C)=O)C=CC(=O)/C1=C/[C@H]1COC(C)(C)O1. The third-order valence-electron chi connectivity index (χ3n) is 4.50. The number of rotatable bonds is 8. The minimum absolute atomic E-state index is 0.154. The highest BCUT2D eigenvalue weighted by molar-refractivity contribution is 6.09. The van der Waals surface area contributed by atoms with Crippen molar-refractivity contribution in [2.45, 2.75) is 77.3 Å². The van der Waals surface area contributed by atoms with E-state index in [4.69, 9.17) is 14.2 Å². The van der Waals surface area contributed by atoms with Gasteiger partial charge in [0.25, 0.3) is 0 Å². The van der Waals surface area contributed by atoms with Crippen molar-refractivity contribution in [3.63, 3.8) is 0 Å². The number of hydrogen-bond donors (Lipinski definition) is 0. The highest BCUT2D eigenvalue weighted by atomic mass is 16.7. The zero-order valence-corrected chi connectivity index (χ0v) is 16.2. The van der Waals surface area contributed by atoms with Crippen LogP contribution in [0, 0.1) is 0 Å². The van der Waals surface area contributed by atoms with E-state index in [0.29, 0.717) is 18.6 Å². The molecule has 1 saturated heterocycles. The van der Waals surface area contributed by atoms with Gasteiger partial charge in [-0.2, -0.15) is 0 Å². The van der Waals surface area contributed by atoms with Crippen molar-refractivity contribution >= 4 is 11.8 Å². The van der Waals surface area contributed by atoms with E-state index >= 15 is 0 Å². The maximum atomic E-state index is 12.4. The molecule has 5 nitrogen and oxygen atoms in total. The molecule has 0 aromatic heterocycles. The van der Waals surface area contributed by atoms with Gasteiger partial charge in [-0.3, -0.25) is 9.59 Å². The second-order valence-corrected chi connectivity index (χ2v) is 7.30. The summed E-state index contributed by atoms with van der Waals surface area (Å²) < 4.78 is 17.0. The molecule has 1 aliphatic carbocycles. The van der Waals surface area contributed by atoms with Gasteiger partial charge in [0.15, 0.2) is 17.2 Å². The zero-order valence-electron chi connectivity index (χ0n) is 16.2. The van der Waals surface area contributed by atoms with Crippen LogP contribution in [-0.2, 0) is 23.8 Å². The summed E-state index contributed by atoms with van der Waals surface area (Å²) in [6, 6.07) is 0. The van der Waals surface area contributed by atoms with E-state index in [-0.39, 0.29) is 11.9 Å². The number of ketones is 1. The fourth-order valence-electron chi connectivity index (χ4n) is 3.26. The normalized spacial score (nSPS) is 29.2. The Hall–Kier alpha value is -1.72. The predicted octanol–water partition coefficient (Wildman–Crippen LogP) is 4.03. The van der Waals surface area contributed by atoms with Crippen molar-refractivity contribution in [2.75, 3.05) is 6.61 Å². The first kappa shape index (κ1) is 20.6. The molecule has 0 amide bonds. The van der Waals surface area contributed by atoms with Crippen molar-refractivity contribution in [3.8, 4) is 0 Å². The molecule has 0 radical (unpaired) electrons. The van der Waals surface area contributed by atoms with Gasteiger partial charge in [-0.05, 0) is 44.9 Å². The fraction of sp³-hybridized carbons (Fsp3) is 0.619. The Bertz CT molecular complexity index is 614. The Kier molecular flexibility index (Phi) is 6.95. The molecule has 0 aromatic carbocycles. The van der Waals surface area contributed by atoms with Gasteiger partial charge >= 0.3 is 5.97 Å². The molecule has 2 atom stereocenters. The lowest BCUT2D eigenvalue weighted by Crippen LogP contribution is -2.34. The lowest BCUT2D eigenvalue weighted by Gasteiger charge is -2.28. The van der Waals surface area contributed by atoms with Crippen molar-refractivity contribution in [3.05, 3.63) is 36.0 Å². The maximum absolute atomic E-state index is 12.4. The van der Waals surface area contributed by atoms with E-state index < -0.39 is 17.4 Å². The molecule has 144 valence electrons. The van der Waals surface area contributed by atoms with Crippen LogP contribution in [0.3, 0.4) is 0 Å². The molecular formula is C21H30O5. The molecule has 2 aliphatic rings. The topological polar surface area (TPSA) is 61.8 Å². The standard InChI is InChI=1S/C21H30O5/c1-5-6-7-8-9-10-12-21(25-16(2)22)13-11-19(23)18(21)14-17-15-24-20(3,4)26-17/h9-11,13-14,17H,5-8,12,15H2,1-4H3/b10-9-,18-14-/t17-,21-/m0/s1. The molecule has 0 unspecified atom stereocenters. The van der Waals surface area contributed by atoms with Crippen LogP contribution in [-0.4, -0.2) is 35.9 Å². The zero-order chi connectivity index (χ0) is 19.2. The second kappa shape index (κ2) is 8.78. The first-order valence-corrected chi connectivity index (χ1v) is 9.40. The molecular weight excluding hydrogens is 332 g/mol. The van der Waals surface area contributed by atoms with Gasteiger partial charge in [0.1, 0.15) is 6.10 Å². The number of hydrogen-bond acceptors (Lipinski definition) is 5. The fourth-order valence-corrected chi connectivity index (χ4v) is 3.26. The van der Waals surface area contributed by atoms with Crippen LogP contribution < -0.4 is 0 Å². The van der Waals surface area contributed by atoms with Gasteiger partial charge in [-0.1, -0.05) is 31.9 Å². The van der Waals surface area contributed by atoms with E-state index in [1.807, 2.05) is 19.9 Å². The van der Waals surface area contributed by atoms with Crippen LogP contribution in [0.5, 0.6) is 0 Å². The van der Waals surface area contributed by atoms with Crippen molar-refractivity contribution in [1.29, 1.82) is 0 Å². The van der Waals surface area contributed by atoms with E-state index in [9.17, 15) is 9.59 Å². The predicted molar refractivity (Wildman–Crippen MR) is 99.5 cm³/mol. The van der Waals surface area contributed by atoms with Crippen molar-refractivity contribution in [1.82, 2.24) is 0 Å². The van der Waals surface area contributed by atoms with Gasteiger partial charge in [-0.15, -0.1) is 0 Å². The highest BCUT2D eigenvalue weighted by Crippen LogP contribution is 2.36. The summed E-state index contributed by atoms with van der Waals surface area (Å²) in [6.07, 6.45) is 13.6. The summed E-state index contributed by atoms with van der Waals surface area (Å²) in [6.45, 7) is 7.56. The number of unbranched alkanes of at least 4 members (excludes halogenated alkanes) is 3. The quantitative estimate of drug-likeness (QED) is 0.282. The Morgan fingerprint density at radius 2 is 2.12 bits per heavy atom. The number of carbonyl (C=O) groups excluding carboxylic acids is 2. The molecule has 1 heterocycles. The first-order valence-electron chi connectivity index (χ1n) is 9.40. The monoisotopic (exact) mass is 362 g/mol. The second-order valence-electron chi connectivity index (χ2n) is 7.30. The van der Waals surface area contributed by atoms with E-state index in [1.165, 1.54) is 25.8 Å². The number of esters is 1. The summed E-state index contributed by atoms with van der Waals surface area (Å²) in [5.41, 5.74) is -0.613. The van der Waals surface area contributed by atoms with E-state index in [0.717, 1.165) is 12.8 Å². The smallest absolute Gasteiger partial charge is 0.303 e. The Morgan fingerprint density at radius 1 is 1.35 bits per heavy atom. The molecule has 1 fully saturated rings. The number of allylic oxidation sites excluding steroid dienone is 2. The molecule has 0 saturated carbocycles. The van der Waals surface area contributed by atoms with Gasteiger partial charge in [0, 0.05) is 18.9 Å². The number of ether oxygens (including phenoxy) is 3.